The average Bonchev–Trinajstić information content (AvgIpc) is 3.44. The van der Waals surface area contributed by atoms with Crippen molar-refractivity contribution in [2.45, 2.75) is 56.4 Å². The zero-order chi connectivity index (χ0) is 20.4. The molecule has 0 spiro atoms. The number of methoxy groups -OCH3 is 2. The Balaban J connectivity index is 0.00000256. The van der Waals surface area contributed by atoms with Crippen LogP contribution in [0.3, 0.4) is 0 Å². The topological polar surface area (TPSA) is 42.0 Å². The standard InChI is InChI=1S/C23H32N2O3S.ClH/c1-24(23(26)13-16-7-6-8-22-17(16)9-12-29-22)18-14-20(27-2)21(28-3)15-19(18)25-10-4-5-11-25;/h6-9,12,18-21H,4-5,10-11,13-15H2,1-3H3;1H/t18-,19-,20-,21+;/m1./s1. The number of likely N-dealkylation sites (N-methyl/N-ethyl adjacent to an activating group) is 1. The van der Waals surface area contributed by atoms with Crippen LogP contribution in [-0.2, 0) is 20.7 Å². The van der Waals surface area contributed by atoms with Crippen LogP contribution in [0.25, 0.3) is 10.1 Å². The zero-order valence-corrected chi connectivity index (χ0v) is 19.7. The van der Waals surface area contributed by atoms with E-state index >= 15 is 0 Å². The molecule has 1 saturated carbocycles. The van der Waals surface area contributed by atoms with E-state index < -0.39 is 0 Å². The molecule has 1 aliphatic carbocycles. The van der Waals surface area contributed by atoms with Gasteiger partial charge in [0.15, 0.2) is 0 Å². The summed E-state index contributed by atoms with van der Waals surface area (Å²) in [4.78, 5) is 17.9. The predicted octanol–water partition coefficient (Wildman–Crippen LogP) is 3.98. The second-order valence-corrected chi connectivity index (χ2v) is 9.28. The number of amides is 1. The van der Waals surface area contributed by atoms with Crippen molar-refractivity contribution >= 4 is 39.7 Å². The van der Waals surface area contributed by atoms with Gasteiger partial charge in [-0.3, -0.25) is 9.69 Å². The van der Waals surface area contributed by atoms with E-state index in [2.05, 4.69) is 34.5 Å². The van der Waals surface area contributed by atoms with Gasteiger partial charge in [0.25, 0.3) is 0 Å². The van der Waals surface area contributed by atoms with Crippen molar-refractivity contribution in [2.24, 2.45) is 0 Å². The fraction of sp³-hybridized carbons (Fsp3) is 0.609. The Hall–Kier alpha value is -1.18. The largest absolute Gasteiger partial charge is 0.379 e. The summed E-state index contributed by atoms with van der Waals surface area (Å²) in [6.45, 7) is 2.23. The summed E-state index contributed by atoms with van der Waals surface area (Å²) in [5, 5.41) is 3.30. The van der Waals surface area contributed by atoms with E-state index in [-0.39, 0.29) is 36.6 Å². The van der Waals surface area contributed by atoms with Crippen molar-refractivity contribution in [3.63, 3.8) is 0 Å². The number of hydrogen-bond donors (Lipinski definition) is 0. The van der Waals surface area contributed by atoms with Gasteiger partial charge in [-0.05, 0) is 67.2 Å². The summed E-state index contributed by atoms with van der Waals surface area (Å²) in [7, 11) is 5.50. The molecule has 4 atom stereocenters. The summed E-state index contributed by atoms with van der Waals surface area (Å²) in [5.41, 5.74) is 1.12. The molecule has 2 fully saturated rings. The molecular formula is C23H33ClN2O3S. The monoisotopic (exact) mass is 452 g/mol. The van der Waals surface area contributed by atoms with Crippen molar-refractivity contribution in [3.8, 4) is 0 Å². The molecular weight excluding hydrogens is 420 g/mol. The van der Waals surface area contributed by atoms with Crippen LogP contribution in [0, 0.1) is 0 Å². The second-order valence-electron chi connectivity index (χ2n) is 8.33. The maximum Gasteiger partial charge on any atom is 0.227 e. The molecule has 1 aromatic heterocycles. The molecule has 30 heavy (non-hydrogen) atoms. The third-order valence-corrected chi connectivity index (χ3v) is 7.72. The summed E-state index contributed by atoms with van der Waals surface area (Å²) in [6, 6.07) is 8.87. The molecule has 0 bridgehead atoms. The zero-order valence-electron chi connectivity index (χ0n) is 18.1. The number of carbonyl (C=O) groups excluding carboxylic acids is 1. The molecule has 0 N–H and O–H groups in total. The number of likely N-dealkylation sites (tertiary alicyclic amines) is 1. The Bertz CT molecular complexity index is 839. The van der Waals surface area contributed by atoms with Gasteiger partial charge in [0, 0.05) is 38.1 Å². The van der Waals surface area contributed by atoms with E-state index in [4.69, 9.17) is 9.47 Å². The average molecular weight is 453 g/mol. The SMILES string of the molecule is CO[C@H]1C[C@@H](N2CCCC2)[C@H](N(C)C(=O)Cc2cccc3sccc23)C[C@H]1OC.Cl. The predicted molar refractivity (Wildman–Crippen MR) is 125 cm³/mol. The fourth-order valence-corrected chi connectivity index (χ4v) is 5.99. The molecule has 2 aromatic rings. The lowest BCUT2D eigenvalue weighted by Gasteiger charge is -2.47. The van der Waals surface area contributed by atoms with E-state index in [1.807, 2.05) is 11.9 Å². The summed E-state index contributed by atoms with van der Waals surface area (Å²) in [6.07, 6.45) is 4.78. The van der Waals surface area contributed by atoms with E-state index in [1.54, 1.807) is 25.6 Å². The third kappa shape index (κ3) is 4.68. The van der Waals surface area contributed by atoms with E-state index in [9.17, 15) is 4.79 Å². The first-order chi connectivity index (χ1) is 14.1. The van der Waals surface area contributed by atoms with Crippen molar-refractivity contribution in [1.82, 2.24) is 9.80 Å². The molecule has 2 aliphatic rings. The lowest BCUT2D eigenvalue weighted by atomic mass is 9.84. The molecule has 0 radical (unpaired) electrons. The van der Waals surface area contributed by atoms with Gasteiger partial charge in [0.05, 0.1) is 18.6 Å². The first-order valence-electron chi connectivity index (χ1n) is 10.6. The van der Waals surface area contributed by atoms with Gasteiger partial charge in [-0.2, -0.15) is 0 Å². The van der Waals surface area contributed by atoms with Gasteiger partial charge < -0.3 is 14.4 Å². The molecule has 2 heterocycles. The van der Waals surface area contributed by atoms with Crippen LogP contribution in [0.15, 0.2) is 29.6 Å². The highest BCUT2D eigenvalue weighted by atomic mass is 35.5. The number of carbonyl (C=O) groups is 1. The molecule has 1 saturated heterocycles. The van der Waals surface area contributed by atoms with Crippen LogP contribution in [0.5, 0.6) is 0 Å². The first-order valence-corrected chi connectivity index (χ1v) is 11.5. The van der Waals surface area contributed by atoms with Crippen molar-refractivity contribution in [2.75, 3.05) is 34.4 Å². The smallest absolute Gasteiger partial charge is 0.227 e. The summed E-state index contributed by atoms with van der Waals surface area (Å²) < 4.78 is 12.7. The van der Waals surface area contributed by atoms with Crippen LogP contribution in [0.4, 0.5) is 0 Å². The Kier molecular flexibility index (Phi) is 8.16. The first kappa shape index (κ1) is 23.5. The number of nitrogens with zero attached hydrogens (tertiary/aromatic N) is 2. The molecule has 4 rings (SSSR count). The highest BCUT2D eigenvalue weighted by Crippen LogP contribution is 2.33. The summed E-state index contributed by atoms with van der Waals surface area (Å²) >= 11 is 1.73. The highest BCUT2D eigenvalue weighted by molar-refractivity contribution is 7.17. The Labute approximate surface area is 189 Å². The van der Waals surface area contributed by atoms with Crippen LogP contribution in [0.1, 0.15) is 31.2 Å². The Morgan fingerprint density at radius 3 is 2.53 bits per heavy atom. The normalized spacial score (nSPS) is 27.2. The molecule has 0 unspecified atom stereocenters. The van der Waals surface area contributed by atoms with Crippen molar-refractivity contribution in [3.05, 3.63) is 35.2 Å². The minimum atomic E-state index is 0. The van der Waals surface area contributed by atoms with Crippen molar-refractivity contribution in [1.29, 1.82) is 0 Å². The van der Waals surface area contributed by atoms with Gasteiger partial charge in [-0.1, -0.05) is 12.1 Å². The number of ether oxygens (including phenoxy) is 2. The van der Waals surface area contributed by atoms with Gasteiger partial charge >= 0.3 is 0 Å². The summed E-state index contributed by atoms with van der Waals surface area (Å²) in [5.74, 6) is 0.184. The quantitative estimate of drug-likeness (QED) is 0.664. The number of halogens is 1. The van der Waals surface area contributed by atoms with Crippen LogP contribution < -0.4 is 0 Å². The number of rotatable bonds is 6. The minimum absolute atomic E-state index is 0. The molecule has 166 valence electrons. The fourth-order valence-electron chi connectivity index (χ4n) is 5.16. The second kappa shape index (κ2) is 10.4. The van der Waals surface area contributed by atoms with Gasteiger partial charge in [-0.25, -0.2) is 0 Å². The van der Waals surface area contributed by atoms with Crippen LogP contribution in [0.2, 0.25) is 0 Å². The van der Waals surface area contributed by atoms with E-state index in [0.717, 1.165) is 31.5 Å². The van der Waals surface area contributed by atoms with Crippen LogP contribution >= 0.6 is 23.7 Å². The molecule has 1 aromatic carbocycles. The molecule has 7 heteroatoms. The van der Waals surface area contributed by atoms with Crippen LogP contribution in [-0.4, -0.2) is 74.4 Å². The Morgan fingerprint density at radius 2 is 1.83 bits per heavy atom. The Morgan fingerprint density at radius 1 is 1.13 bits per heavy atom. The number of fused-ring (bicyclic) bond motifs is 1. The van der Waals surface area contributed by atoms with E-state index in [0.29, 0.717) is 12.5 Å². The third-order valence-electron chi connectivity index (χ3n) is 6.84. The molecule has 5 nitrogen and oxygen atoms in total. The van der Waals surface area contributed by atoms with Gasteiger partial charge in [0.2, 0.25) is 5.91 Å². The van der Waals surface area contributed by atoms with E-state index in [1.165, 1.54) is 22.9 Å². The lowest BCUT2D eigenvalue weighted by molar-refractivity contribution is -0.140. The van der Waals surface area contributed by atoms with Gasteiger partial charge in [0.1, 0.15) is 0 Å². The highest BCUT2D eigenvalue weighted by Gasteiger charge is 2.43. The number of thiophene rings is 1. The maximum atomic E-state index is 13.3. The molecule has 1 aliphatic heterocycles. The van der Waals surface area contributed by atoms with Gasteiger partial charge in [-0.15, -0.1) is 23.7 Å². The minimum Gasteiger partial charge on any atom is -0.379 e. The maximum absolute atomic E-state index is 13.3. The molecule has 1 amide bonds. The number of hydrogen-bond acceptors (Lipinski definition) is 5. The van der Waals surface area contributed by atoms with Crippen molar-refractivity contribution < 1.29 is 14.3 Å². The lowest BCUT2D eigenvalue weighted by Crippen LogP contribution is -2.59. The number of benzene rings is 1.